The molecule has 1 saturated carbocycles. The molecule has 194 valence electrons. The molecule has 4 N–H and O–H groups in total. The average Bonchev–Trinajstić information content (AvgIpc) is 3.40. The second kappa shape index (κ2) is 11.5. The number of urea groups is 1. The summed E-state index contributed by atoms with van der Waals surface area (Å²) >= 11 is 0. The van der Waals surface area contributed by atoms with Crippen LogP contribution in [-0.2, 0) is 9.53 Å². The number of carbonyl (C=O) groups excluding carboxylic acids is 3. The van der Waals surface area contributed by atoms with Crippen molar-refractivity contribution in [3.05, 3.63) is 12.7 Å². The van der Waals surface area contributed by atoms with Crippen LogP contribution in [0.5, 0.6) is 0 Å². The number of nitrogens with one attached hydrogen (secondary N) is 3. The summed E-state index contributed by atoms with van der Waals surface area (Å²) < 4.78 is 5.11. The Bertz CT molecular complexity index is 816. The minimum Gasteiger partial charge on any atom is -0.465 e. The molecule has 0 bridgehead atoms. The molecule has 0 radical (unpaired) electrons. The van der Waals surface area contributed by atoms with Crippen molar-refractivity contribution in [3.63, 3.8) is 0 Å². The smallest absolute Gasteiger partial charge is 0.410 e. The van der Waals surface area contributed by atoms with Crippen molar-refractivity contribution < 1.29 is 29.0 Å². The molecule has 0 aromatic carbocycles. The molecule has 3 aliphatic rings. The Morgan fingerprint density at radius 1 is 1.18 bits per heavy atom. The maximum atomic E-state index is 12.4. The molecule has 0 aromatic rings. The first-order valence-electron chi connectivity index (χ1n) is 11.2. The Hall–Kier alpha value is -4.31. The Labute approximate surface area is 192 Å². The van der Waals surface area contributed by atoms with Crippen molar-refractivity contribution >= 4 is 29.8 Å². The van der Waals surface area contributed by atoms with Crippen LogP contribution in [0.25, 0.3) is 0 Å². The van der Waals surface area contributed by atoms with Gasteiger partial charge in [-0.2, -0.15) is 5.10 Å². The molecule has 2 unspecified atom stereocenters. The van der Waals surface area contributed by atoms with Crippen LogP contribution in [0, 0.1) is 11.8 Å². The number of hydrazone groups is 1. The van der Waals surface area contributed by atoms with Crippen LogP contribution >= 0.6 is 0 Å². The SMILES string of the molecule is C=CCOC(=O)N1C/C(=N\NC(=O)NCC2CCC(C(=O)NC)CC2)C2C1CCN2C(=O)O.[Fm]. The zero-order valence-corrected chi connectivity index (χ0v) is 21.5. The van der Waals surface area contributed by atoms with E-state index in [0.29, 0.717) is 18.7 Å². The van der Waals surface area contributed by atoms with E-state index in [0.717, 1.165) is 25.7 Å². The summed E-state index contributed by atoms with van der Waals surface area (Å²) in [5, 5.41) is 19.1. The Morgan fingerprint density at radius 2 is 1.88 bits per heavy atom. The molecule has 0 aromatic heterocycles. The summed E-state index contributed by atoms with van der Waals surface area (Å²) in [5.74, 6) is 0.383. The molecule has 13 heteroatoms. The minimum atomic E-state index is -1.10. The zero-order valence-electron chi connectivity index (χ0n) is 19.1. The monoisotopic (exact) mass is 721 g/mol. The van der Waals surface area contributed by atoms with Gasteiger partial charge in [0.1, 0.15) is 6.61 Å². The van der Waals surface area contributed by atoms with Gasteiger partial charge in [0.2, 0.25) is 5.91 Å². The molecular weight excluding hydrogens is 689 g/mol. The number of fused-ring (bicyclic) bond motifs is 1. The first-order chi connectivity index (χ1) is 15.8. The van der Waals surface area contributed by atoms with Gasteiger partial charge >= 0.3 is 18.2 Å². The van der Waals surface area contributed by atoms with E-state index in [2.05, 4.69) is 27.7 Å². The third-order valence-electron chi connectivity index (χ3n) is 6.56. The topological polar surface area (TPSA) is 153 Å². The van der Waals surface area contributed by atoms with Crippen molar-refractivity contribution in [2.45, 2.75) is 44.2 Å². The number of amides is 5. The van der Waals surface area contributed by atoms with Crippen LogP contribution in [0.2, 0.25) is 0 Å². The van der Waals surface area contributed by atoms with Crippen LogP contribution < -0.4 is 16.1 Å². The third kappa shape index (κ3) is 5.73. The maximum Gasteiger partial charge on any atom is 0.410 e. The van der Waals surface area contributed by atoms with Crippen LogP contribution in [-0.4, -0.2) is 90.1 Å². The van der Waals surface area contributed by atoms with Gasteiger partial charge in [0.15, 0.2) is 0 Å². The molecule has 2 saturated heterocycles. The van der Waals surface area contributed by atoms with Crippen LogP contribution in [0.1, 0.15) is 32.1 Å². The number of rotatable bonds is 6. The molecule has 1 aliphatic carbocycles. The normalized spacial score (nSPS) is 26.8. The van der Waals surface area contributed by atoms with Crippen molar-refractivity contribution in [1.82, 2.24) is 25.9 Å². The van der Waals surface area contributed by atoms with E-state index in [9.17, 15) is 24.3 Å². The van der Waals surface area contributed by atoms with Crippen molar-refractivity contribution in [3.8, 4) is 0 Å². The average molecular weight is 722 g/mol. The number of hydrogen-bond acceptors (Lipinski definition) is 6. The number of nitrogens with zero attached hydrogens (tertiary/aromatic N) is 3. The largest absolute Gasteiger partial charge is 0.465 e. The summed E-state index contributed by atoms with van der Waals surface area (Å²) in [6, 6.07) is -1.52. The van der Waals surface area contributed by atoms with E-state index in [4.69, 9.17) is 4.74 Å². The van der Waals surface area contributed by atoms with Gasteiger partial charge in [0.05, 0.1) is 24.3 Å². The van der Waals surface area contributed by atoms with Gasteiger partial charge in [0.25, 0.3) is 0 Å². The van der Waals surface area contributed by atoms with Crippen molar-refractivity contribution in [2.75, 3.05) is 33.3 Å². The summed E-state index contributed by atoms with van der Waals surface area (Å²) in [6.07, 6.45) is 3.54. The first-order valence-corrected chi connectivity index (χ1v) is 11.2. The van der Waals surface area contributed by atoms with Gasteiger partial charge in [-0.3, -0.25) is 14.6 Å². The van der Waals surface area contributed by atoms with Crippen LogP contribution in [0.4, 0.5) is 14.4 Å². The minimum absolute atomic E-state index is 0. The van der Waals surface area contributed by atoms with E-state index in [1.54, 1.807) is 7.05 Å². The van der Waals surface area contributed by atoms with E-state index < -0.39 is 30.3 Å². The molecule has 3 rings (SSSR count). The fourth-order valence-electron chi connectivity index (χ4n) is 4.85. The van der Waals surface area contributed by atoms with Gasteiger partial charge < -0.3 is 20.5 Å². The zero-order chi connectivity index (χ0) is 24.0. The molecule has 3 fully saturated rings. The predicted octanol–water partition coefficient (Wildman–Crippen LogP) is 0.953. The fraction of sp³-hybridized carbons (Fsp3) is 0.667. The van der Waals surface area contributed by atoms with Crippen molar-refractivity contribution in [2.24, 2.45) is 16.9 Å². The van der Waals surface area contributed by atoms with Crippen LogP contribution in [0.15, 0.2) is 17.8 Å². The Kier molecular flexibility index (Phi) is 8.79. The molecule has 2 heterocycles. The second-order valence-corrected chi connectivity index (χ2v) is 8.53. The van der Waals surface area contributed by atoms with E-state index in [1.165, 1.54) is 15.9 Å². The fourth-order valence-corrected chi connectivity index (χ4v) is 4.85. The van der Waals surface area contributed by atoms with E-state index in [1.807, 2.05) is 0 Å². The summed E-state index contributed by atoms with van der Waals surface area (Å²) in [7, 11) is 1.64. The Morgan fingerprint density at radius 3 is 2.50 bits per heavy atom. The molecule has 0 spiro atoms. The molecule has 34 heavy (non-hydrogen) atoms. The van der Waals surface area contributed by atoms with Gasteiger partial charge in [-0.15, -0.1) is 0 Å². The van der Waals surface area contributed by atoms with E-state index in [-0.39, 0.29) is 37.4 Å². The molecule has 2 aliphatic heterocycles. The summed E-state index contributed by atoms with van der Waals surface area (Å²) in [6.45, 7) is 4.36. The van der Waals surface area contributed by atoms with Gasteiger partial charge in [0, 0.05) is 26.1 Å². The number of likely N-dealkylation sites (tertiary alicyclic amines) is 2. The van der Waals surface area contributed by atoms with Gasteiger partial charge in [-0.05, 0) is 38.0 Å². The van der Waals surface area contributed by atoms with Crippen LogP contribution in [0.3, 0.4) is 0 Å². The molecular formula is C21H32FmN6O6. The van der Waals surface area contributed by atoms with Gasteiger partial charge in [-0.1, -0.05) is 12.7 Å². The number of carboxylic acid groups (broad SMARTS) is 1. The predicted molar refractivity (Wildman–Crippen MR) is 119 cm³/mol. The quantitative estimate of drug-likeness (QED) is 0.237. The molecule has 2 atom stereocenters. The van der Waals surface area contributed by atoms with Gasteiger partial charge in [-0.25, -0.2) is 19.8 Å². The molecule has 5 amide bonds. The summed E-state index contributed by atoms with van der Waals surface area (Å²) in [5.41, 5.74) is 2.82. The molecule has 12 nitrogen and oxygen atoms in total. The van der Waals surface area contributed by atoms with E-state index >= 15 is 0 Å². The maximum absolute atomic E-state index is 12.4. The summed E-state index contributed by atoms with van der Waals surface area (Å²) in [4.78, 5) is 50.7. The Balaban J connectivity index is 0.00000408. The number of hydrogen-bond donors (Lipinski definition) is 4. The first kappa shape index (κ1) is 25.9. The third-order valence-corrected chi connectivity index (χ3v) is 6.56. The van der Waals surface area contributed by atoms with Crippen molar-refractivity contribution in [1.29, 1.82) is 0 Å². The number of ether oxygens (including phenoxy) is 1. The number of carbonyl (C=O) groups is 4. The standard InChI is InChI=1S/C21H32N6O6.Fm/c1-3-10-33-21(32)27-12-15(17-16(27)8-9-26(17)20(30)31)24-25-19(29)23-11-13-4-6-14(7-5-13)18(28)22-2;/h3,13-14,16-17H,1,4-12H2,2H3,(H,22,28)(H,30,31)(H2,23,25,29);/b24-15+;. The second-order valence-electron chi connectivity index (χ2n) is 8.53.